The molecule has 0 radical (unpaired) electrons. The molecular formula is C20H43N3OSiSn. The molecule has 0 saturated heterocycles. The summed E-state index contributed by atoms with van der Waals surface area (Å²) in [6.45, 7) is 15.6. The fourth-order valence-corrected chi connectivity index (χ4v) is 20.3. The van der Waals surface area contributed by atoms with E-state index in [1.54, 1.807) is 0 Å². The summed E-state index contributed by atoms with van der Waals surface area (Å²) >= 11 is -2.46. The zero-order valence-electron chi connectivity index (χ0n) is 18.3. The van der Waals surface area contributed by atoms with Gasteiger partial charge in [-0.25, -0.2) is 0 Å². The van der Waals surface area contributed by atoms with E-state index in [0.29, 0.717) is 6.73 Å². The predicted molar refractivity (Wildman–Crippen MR) is 119 cm³/mol. The molecule has 1 heterocycles. The van der Waals surface area contributed by atoms with Gasteiger partial charge in [-0.05, 0) is 0 Å². The van der Waals surface area contributed by atoms with Gasteiger partial charge in [-0.1, -0.05) is 0 Å². The minimum absolute atomic E-state index is 0.600. The van der Waals surface area contributed by atoms with E-state index in [2.05, 4.69) is 61.6 Å². The van der Waals surface area contributed by atoms with Crippen LogP contribution in [0.4, 0.5) is 0 Å². The fourth-order valence-electron chi connectivity index (χ4n) is 3.60. The Labute approximate surface area is 167 Å². The molecule has 0 aliphatic heterocycles. The first-order valence-electron chi connectivity index (χ1n) is 10.8. The maximum absolute atomic E-state index is 6.03. The second kappa shape index (κ2) is 12.5. The third-order valence-electron chi connectivity index (χ3n) is 5.40. The summed E-state index contributed by atoms with van der Waals surface area (Å²) in [6, 6.07) is 1.22. The third kappa shape index (κ3) is 8.42. The van der Waals surface area contributed by atoms with Gasteiger partial charge in [0.25, 0.3) is 0 Å². The van der Waals surface area contributed by atoms with Crippen LogP contribution in [0.1, 0.15) is 59.3 Å². The molecule has 0 saturated carbocycles. The van der Waals surface area contributed by atoms with Gasteiger partial charge in [0.2, 0.25) is 0 Å². The van der Waals surface area contributed by atoms with Crippen LogP contribution < -0.4 is 3.71 Å². The van der Waals surface area contributed by atoms with Crippen molar-refractivity contribution < 1.29 is 4.74 Å². The normalized spacial score (nSPS) is 12.7. The standard InChI is InChI=1S/C8H16N3OSi.3C4H9.Sn/c1-13(2,3)7-6-12-8-11-5-4-9-10-11;3*1-3-4-2;/h4H,6-8H2,1-3H3;3*1,3-4H2,2H3;. The molecule has 6 heteroatoms. The van der Waals surface area contributed by atoms with Crippen molar-refractivity contribution in [2.75, 3.05) is 6.61 Å². The van der Waals surface area contributed by atoms with Gasteiger partial charge >= 0.3 is 168 Å². The van der Waals surface area contributed by atoms with Crippen LogP contribution in [0.3, 0.4) is 0 Å². The second-order valence-corrected chi connectivity index (χ2v) is 27.7. The summed E-state index contributed by atoms with van der Waals surface area (Å²) in [5.74, 6) is 0. The van der Waals surface area contributed by atoms with Crippen molar-refractivity contribution in [2.24, 2.45) is 0 Å². The van der Waals surface area contributed by atoms with E-state index in [-0.39, 0.29) is 0 Å². The van der Waals surface area contributed by atoms with Gasteiger partial charge in [0, 0.05) is 0 Å². The molecule has 1 aromatic heterocycles. The van der Waals surface area contributed by atoms with Crippen molar-refractivity contribution >= 4 is 30.2 Å². The Morgan fingerprint density at radius 1 is 0.962 bits per heavy atom. The first-order chi connectivity index (χ1) is 12.4. The topological polar surface area (TPSA) is 39.9 Å². The van der Waals surface area contributed by atoms with Crippen LogP contribution in [0.2, 0.25) is 39.0 Å². The van der Waals surface area contributed by atoms with Crippen molar-refractivity contribution in [1.82, 2.24) is 15.0 Å². The van der Waals surface area contributed by atoms with E-state index in [4.69, 9.17) is 4.74 Å². The number of unbranched alkanes of at least 4 members (excludes halogenated alkanes) is 3. The van der Waals surface area contributed by atoms with Gasteiger partial charge < -0.3 is 0 Å². The Hall–Kier alpha value is 0.116. The van der Waals surface area contributed by atoms with E-state index in [9.17, 15) is 0 Å². The van der Waals surface area contributed by atoms with Gasteiger partial charge in [-0.3, -0.25) is 0 Å². The van der Waals surface area contributed by atoms with Crippen LogP contribution in [0.25, 0.3) is 0 Å². The van der Waals surface area contributed by atoms with E-state index >= 15 is 0 Å². The van der Waals surface area contributed by atoms with Crippen molar-refractivity contribution in [3.8, 4) is 0 Å². The maximum atomic E-state index is 6.03. The monoisotopic (exact) mass is 489 g/mol. The second-order valence-electron chi connectivity index (χ2n) is 9.06. The van der Waals surface area contributed by atoms with Crippen LogP contribution in [-0.2, 0) is 11.5 Å². The van der Waals surface area contributed by atoms with Crippen molar-refractivity contribution in [2.45, 2.75) is 105 Å². The zero-order valence-corrected chi connectivity index (χ0v) is 22.2. The summed E-state index contributed by atoms with van der Waals surface area (Å²) in [5, 5.41) is 8.78. The Kier molecular flexibility index (Phi) is 11.7. The van der Waals surface area contributed by atoms with Gasteiger partial charge in [-0.15, -0.1) is 0 Å². The molecule has 0 unspecified atom stereocenters. The molecule has 0 aliphatic carbocycles. The SMILES string of the molecule is CCC[CH2][Sn]([CH2]CCC)([CH2]CCC)[c]1cnnn1COCC[Si](C)(C)C. The third-order valence-corrected chi connectivity index (χ3v) is 22.5. The number of ether oxygens (including phenoxy) is 1. The quantitative estimate of drug-likeness (QED) is 0.237. The fraction of sp³-hybridized carbons (Fsp3) is 0.900. The Bertz CT molecular complexity index is 466. The predicted octanol–water partition coefficient (Wildman–Crippen LogP) is 5.65. The number of hydrogen-bond donors (Lipinski definition) is 0. The molecule has 0 spiro atoms. The number of nitrogens with zero attached hydrogens (tertiary/aromatic N) is 3. The summed E-state index contributed by atoms with van der Waals surface area (Å²) in [7, 11) is -1.04. The van der Waals surface area contributed by atoms with E-state index < -0.39 is 26.5 Å². The molecule has 1 aromatic rings. The summed E-state index contributed by atoms with van der Waals surface area (Å²) in [4.78, 5) is 0. The van der Waals surface area contributed by atoms with Crippen LogP contribution in [0.5, 0.6) is 0 Å². The van der Waals surface area contributed by atoms with Crippen LogP contribution >= 0.6 is 0 Å². The van der Waals surface area contributed by atoms with Crippen molar-refractivity contribution in [3.63, 3.8) is 0 Å². The molecule has 0 atom stereocenters. The Balaban J connectivity index is 2.92. The molecule has 152 valence electrons. The van der Waals surface area contributed by atoms with Crippen LogP contribution in [0.15, 0.2) is 6.20 Å². The molecule has 0 amide bonds. The van der Waals surface area contributed by atoms with Crippen LogP contribution in [-0.4, -0.2) is 48.1 Å². The molecule has 0 fully saturated rings. The summed E-state index contributed by atoms with van der Waals surface area (Å²) in [5.41, 5.74) is 0. The zero-order chi connectivity index (χ0) is 19.5. The number of aromatic nitrogens is 3. The molecule has 0 aromatic carbocycles. The number of hydrogen-bond acceptors (Lipinski definition) is 3. The van der Waals surface area contributed by atoms with E-state index in [1.807, 2.05) is 0 Å². The number of rotatable bonds is 15. The first kappa shape index (κ1) is 24.2. The average molecular weight is 488 g/mol. The van der Waals surface area contributed by atoms with Gasteiger partial charge in [0.15, 0.2) is 0 Å². The average Bonchev–Trinajstić information content (AvgIpc) is 3.07. The molecular weight excluding hydrogens is 445 g/mol. The molecule has 1 rings (SSSR count). The molecule has 0 N–H and O–H groups in total. The summed E-state index contributed by atoms with van der Waals surface area (Å²) in [6.07, 6.45) is 10.1. The molecule has 26 heavy (non-hydrogen) atoms. The molecule has 0 bridgehead atoms. The van der Waals surface area contributed by atoms with Crippen molar-refractivity contribution in [1.29, 1.82) is 0 Å². The minimum atomic E-state index is -2.46. The van der Waals surface area contributed by atoms with Gasteiger partial charge in [0.05, 0.1) is 0 Å². The Morgan fingerprint density at radius 3 is 1.96 bits per heavy atom. The van der Waals surface area contributed by atoms with Gasteiger partial charge in [0.1, 0.15) is 0 Å². The van der Waals surface area contributed by atoms with Gasteiger partial charge in [-0.2, -0.15) is 0 Å². The molecule has 0 aliphatic rings. The first-order valence-corrected chi connectivity index (χ1v) is 22.0. The van der Waals surface area contributed by atoms with Crippen LogP contribution in [0, 0.1) is 0 Å². The van der Waals surface area contributed by atoms with Crippen molar-refractivity contribution in [3.05, 3.63) is 6.20 Å². The summed E-state index contributed by atoms with van der Waals surface area (Å²) < 4.78 is 14.0. The molecule has 4 nitrogen and oxygen atoms in total. The Morgan fingerprint density at radius 2 is 1.50 bits per heavy atom. The van der Waals surface area contributed by atoms with E-state index in [1.165, 1.54) is 61.6 Å². The van der Waals surface area contributed by atoms with E-state index in [0.717, 1.165) is 6.61 Å².